The first kappa shape index (κ1) is 14.5. The first-order chi connectivity index (χ1) is 8.19. The highest BCUT2D eigenvalue weighted by Gasteiger charge is 2.38. The van der Waals surface area contributed by atoms with E-state index in [1.807, 2.05) is 0 Å². The second kappa shape index (κ2) is 7.70. The predicted octanol–water partition coefficient (Wildman–Crippen LogP) is 3.20. The molecule has 0 aromatic rings. The maximum atomic E-state index is 11.7. The summed E-state index contributed by atoms with van der Waals surface area (Å²) >= 11 is 0. The molecule has 1 N–H and O–H groups in total. The van der Waals surface area contributed by atoms with Gasteiger partial charge < -0.3 is 9.84 Å². The molecule has 0 atom stereocenters. The molecule has 0 heterocycles. The van der Waals surface area contributed by atoms with Crippen LogP contribution in [0.25, 0.3) is 0 Å². The summed E-state index contributed by atoms with van der Waals surface area (Å²) in [5.41, 5.74) is -1.18. The molecule has 0 amide bonds. The second-order valence-corrected chi connectivity index (χ2v) is 5.14. The molecule has 100 valence electrons. The van der Waals surface area contributed by atoms with E-state index in [1.54, 1.807) is 0 Å². The molecule has 0 aromatic carbocycles. The van der Waals surface area contributed by atoms with Gasteiger partial charge in [-0.15, -0.1) is 0 Å². The van der Waals surface area contributed by atoms with Crippen molar-refractivity contribution in [2.45, 2.75) is 76.7 Å². The number of carbonyl (C=O) groups excluding carboxylic acids is 1. The lowest BCUT2D eigenvalue weighted by atomic mass is 9.85. The molecule has 1 fully saturated rings. The molecule has 0 saturated heterocycles. The van der Waals surface area contributed by atoms with Crippen molar-refractivity contribution in [1.29, 1.82) is 0 Å². The van der Waals surface area contributed by atoms with Crippen LogP contribution in [-0.2, 0) is 9.53 Å². The van der Waals surface area contributed by atoms with E-state index < -0.39 is 11.6 Å². The van der Waals surface area contributed by atoms with E-state index in [0.29, 0.717) is 19.4 Å². The van der Waals surface area contributed by atoms with Crippen molar-refractivity contribution in [2.75, 3.05) is 6.61 Å². The maximum Gasteiger partial charge on any atom is 0.338 e. The van der Waals surface area contributed by atoms with Crippen LogP contribution in [0.4, 0.5) is 0 Å². The fourth-order valence-electron chi connectivity index (χ4n) is 2.35. The minimum atomic E-state index is -1.18. The number of hydrogen-bond donors (Lipinski definition) is 1. The third-order valence-corrected chi connectivity index (χ3v) is 3.54. The molecule has 0 bridgehead atoms. The number of ether oxygens (including phenoxy) is 1. The van der Waals surface area contributed by atoms with Crippen molar-refractivity contribution in [1.82, 2.24) is 0 Å². The number of aliphatic hydroxyl groups is 1. The van der Waals surface area contributed by atoms with Crippen molar-refractivity contribution in [3.63, 3.8) is 0 Å². The van der Waals surface area contributed by atoms with Gasteiger partial charge in [0.1, 0.15) is 0 Å². The van der Waals surface area contributed by atoms with Crippen molar-refractivity contribution in [3.05, 3.63) is 0 Å². The fourth-order valence-corrected chi connectivity index (χ4v) is 2.35. The zero-order chi connectivity index (χ0) is 12.6. The zero-order valence-electron chi connectivity index (χ0n) is 11.0. The Kier molecular flexibility index (Phi) is 6.56. The first-order valence-electron chi connectivity index (χ1n) is 7.08. The van der Waals surface area contributed by atoms with Crippen molar-refractivity contribution < 1.29 is 14.6 Å². The Hall–Kier alpha value is -0.570. The van der Waals surface area contributed by atoms with Gasteiger partial charge in [-0.1, -0.05) is 39.0 Å². The Labute approximate surface area is 105 Å². The molecule has 0 spiro atoms. The van der Waals surface area contributed by atoms with Crippen LogP contribution < -0.4 is 0 Å². The molecule has 1 aliphatic rings. The quantitative estimate of drug-likeness (QED) is 0.551. The highest BCUT2D eigenvalue weighted by Crippen LogP contribution is 2.29. The van der Waals surface area contributed by atoms with E-state index in [2.05, 4.69) is 6.92 Å². The lowest BCUT2D eigenvalue weighted by molar-refractivity contribution is -0.169. The van der Waals surface area contributed by atoms with Gasteiger partial charge in [-0.2, -0.15) is 0 Å². The van der Waals surface area contributed by atoms with Gasteiger partial charge in [-0.3, -0.25) is 0 Å². The van der Waals surface area contributed by atoms with Gasteiger partial charge in [-0.25, -0.2) is 4.79 Å². The van der Waals surface area contributed by atoms with Gasteiger partial charge in [0.2, 0.25) is 0 Å². The lowest BCUT2D eigenvalue weighted by Crippen LogP contribution is -2.41. The largest absolute Gasteiger partial charge is 0.464 e. The summed E-state index contributed by atoms with van der Waals surface area (Å²) in [6, 6.07) is 0. The molecule has 17 heavy (non-hydrogen) atoms. The van der Waals surface area contributed by atoms with E-state index >= 15 is 0 Å². The van der Waals surface area contributed by atoms with Crippen LogP contribution in [0.1, 0.15) is 71.1 Å². The monoisotopic (exact) mass is 242 g/mol. The van der Waals surface area contributed by atoms with Crippen LogP contribution in [-0.4, -0.2) is 23.3 Å². The molecule has 0 aromatic heterocycles. The van der Waals surface area contributed by atoms with Crippen LogP contribution >= 0.6 is 0 Å². The second-order valence-electron chi connectivity index (χ2n) is 5.14. The molecule has 1 aliphatic carbocycles. The van der Waals surface area contributed by atoms with Gasteiger partial charge in [-0.05, 0) is 32.1 Å². The summed E-state index contributed by atoms with van der Waals surface area (Å²) in [6.07, 6.45) is 9.83. The first-order valence-corrected chi connectivity index (χ1v) is 7.08. The van der Waals surface area contributed by atoms with E-state index in [-0.39, 0.29) is 0 Å². The van der Waals surface area contributed by atoms with Crippen LogP contribution in [0.2, 0.25) is 0 Å². The Bertz CT molecular complexity index is 220. The summed E-state index contributed by atoms with van der Waals surface area (Å²) in [5.74, 6) is -0.396. The highest BCUT2D eigenvalue weighted by atomic mass is 16.5. The van der Waals surface area contributed by atoms with Crippen molar-refractivity contribution >= 4 is 5.97 Å². The normalized spacial score (nSPS) is 18.9. The summed E-state index contributed by atoms with van der Waals surface area (Å²) in [6.45, 7) is 2.64. The van der Waals surface area contributed by atoms with Gasteiger partial charge in [0, 0.05) is 0 Å². The minimum absolute atomic E-state index is 0.396. The topological polar surface area (TPSA) is 46.5 Å². The van der Waals surface area contributed by atoms with Crippen LogP contribution in [0.5, 0.6) is 0 Å². The van der Waals surface area contributed by atoms with Gasteiger partial charge >= 0.3 is 5.97 Å². The highest BCUT2D eigenvalue weighted by molar-refractivity contribution is 5.79. The number of unbranched alkanes of at least 4 members (excludes halogenated alkanes) is 4. The summed E-state index contributed by atoms with van der Waals surface area (Å²) in [7, 11) is 0. The minimum Gasteiger partial charge on any atom is -0.464 e. The molecule has 0 radical (unpaired) electrons. The predicted molar refractivity (Wildman–Crippen MR) is 67.8 cm³/mol. The molecule has 1 rings (SSSR count). The average Bonchev–Trinajstić information content (AvgIpc) is 2.34. The molecule has 0 aliphatic heterocycles. The van der Waals surface area contributed by atoms with Crippen LogP contribution in [0.15, 0.2) is 0 Å². The lowest BCUT2D eigenvalue weighted by Gasteiger charge is -2.29. The summed E-state index contributed by atoms with van der Waals surface area (Å²) < 4.78 is 5.18. The number of esters is 1. The van der Waals surface area contributed by atoms with Gasteiger partial charge in [0.05, 0.1) is 6.61 Å². The Morgan fingerprint density at radius 3 is 2.41 bits per heavy atom. The van der Waals surface area contributed by atoms with Crippen molar-refractivity contribution in [2.24, 2.45) is 0 Å². The molecular formula is C14H26O3. The SMILES string of the molecule is CCCCCCCOC(=O)C1(O)CCCCC1. The van der Waals surface area contributed by atoms with Crippen LogP contribution in [0.3, 0.4) is 0 Å². The number of carbonyl (C=O) groups is 1. The van der Waals surface area contributed by atoms with Crippen LogP contribution in [0, 0.1) is 0 Å². The summed E-state index contributed by atoms with van der Waals surface area (Å²) in [5, 5.41) is 10.1. The fraction of sp³-hybridized carbons (Fsp3) is 0.929. The molecule has 3 nitrogen and oxygen atoms in total. The van der Waals surface area contributed by atoms with E-state index in [9.17, 15) is 9.90 Å². The van der Waals surface area contributed by atoms with E-state index in [4.69, 9.17) is 4.74 Å². The number of hydrogen-bond acceptors (Lipinski definition) is 3. The number of rotatable bonds is 7. The average molecular weight is 242 g/mol. The molecule has 1 saturated carbocycles. The zero-order valence-corrected chi connectivity index (χ0v) is 11.0. The van der Waals surface area contributed by atoms with Gasteiger partial charge in [0.15, 0.2) is 5.60 Å². The third kappa shape index (κ3) is 5.07. The maximum absolute atomic E-state index is 11.7. The molecule has 3 heteroatoms. The van der Waals surface area contributed by atoms with Gasteiger partial charge in [0.25, 0.3) is 0 Å². The van der Waals surface area contributed by atoms with E-state index in [1.165, 1.54) is 19.3 Å². The summed E-state index contributed by atoms with van der Waals surface area (Å²) in [4.78, 5) is 11.7. The smallest absolute Gasteiger partial charge is 0.338 e. The standard InChI is InChI=1S/C14H26O3/c1-2-3-4-5-9-12-17-13(15)14(16)10-7-6-8-11-14/h16H,2-12H2,1H3. The Morgan fingerprint density at radius 1 is 1.12 bits per heavy atom. The van der Waals surface area contributed by atoms with E-state index in [0.717, 1.165) is 32.1 Å². The molecule has 0 unspecified atom stereocenters. The Balaban J connectivity index is 2.11. The molecular weight excluding hydrogens is 216 g/mol. The van der Waals surface area contributed by atoms with Crippen molar-refractivity contribution in [3.8, 4) is 0 Å². The Morgan fingerprint density at radius 2 is 1.76 bits per heavy atom. The third-order valence-electron chi connectivity index (χ3n) is 3.54.